The second kappa shape index (κ2) is 9.87. The van der Waals surface area contributed by atoms with Gasteiger partial charge in [0, 0.05) is 55.5 Å². The average Bonchev–Trinajstić information content (AvgIpc) is 2.88. The number of hydrogen-bond donors (Lipinski definition) is 2. The number of nitrogens with zero attached hydrogens (tertiary/aromatic N) is 3. The fraction of sp³-hybridized carbons (Fsp3) is 0.357. The first kappa shape index (κ1) is 27.0. The van der Waals surface area contributed by atoms with Crippen molar-refractivity contribution in [3.63, 3.8) is 0 Å². The number of benzene rings is 2. The summed E-state index contributed by atoms with van der Waals surface area (Å²) in [5.41, 5.74) is 3.64. The van der Waals surface area contributed by atoms with Crippen molar-refractivity contribution >= 4 is 21.6 Å². The van der Waals surface area contributed by atoms with Gasteiger partial charge in [-0.25, -0.2) is 17.2 Å². The highest BCUT2D eigenvalue weighted by Gasteiger charge is 2.39. The zero-order valence-corrected chi connectivity index (χ0v) is 22.4. The Morgan fingerprint density at radius 3 is 2.46 bits per heavy atom. The van der Waals surface area contributed by atoms with Crippen LogP contribution in [0.4, 0.5) is 14.5 Å². The summed E-state index contributed by atoms with van der Waals surface area (Å²) in [7, 11) is -3.95. The van der Waals surface area contributed by atoms with Crippen LogP contribution in [0.5, 0.6) is 11.5 Å². The number of alkyl halides is 2. The van der Waals surface area contributed by atoms with Crippen LogP contribution in [0.2, 0.25) is 0 Å². The monoisotopic (exact) mass is 557 g/mol. The number of aryl methyl sites for hydroxylation is 2. The molecule has 3 heterocycles. The molecule has 1 atom stereocenters. The first-order valence-corrected chi connectivity index (χ1v) is 14.1. The Morgan fingerprint density at radius 1 is 1.08 bits per heavy atom. The molecule has 0 spiro atoms. The first-order chi connectivity index (χ1) is 18.4. The number of carbonyl (C=O) groups excluding carboxylic acids is 1. The van der Waals surface area contributed by atoms with E-state index in [1.54, 1.807) is 11.8 Å². The molecule has 0 saturated carbocycles. The lowest BCUT2D eigenvalue weighted by Crippen LogP contribution is -2.42. The number of piperidine rings is 1. The number of sulfonamides is 1. The lowest BCUT2D eigenvalue weighted by atomic mass is 9.92. The molecule has 2 N–H and O–H groups in total. The molecule has 0 aliphatic carbocycles. The van der Waals surface area contributed by atoms with E-state index in [-0.39, 0.29) is 47.0 Å². The van der Waals surface area contributed by atoms with Crippen molar-refractivity contribution in [1.29, 1.82) is 0 Å². The molecule has 2 aliphatic heterocycles. The molecule has 3 aromatic rings. The van der Waals surface area contributed by atoms with E-state index in [9.17, 15) is 32.2 Å². The van der Waals surface area contributed by atoms with Crippen LogP contribution in [-0.2, 0) is 16.4 Å². The van der Waals surface area contributed by atoms with Gasteiger partial charge in [0.15, 0.2) is 0 Å². The van der Waals surface area contributed by atoms with Gasteiger partial charge in [0.2, 0.25) is 10.0 Å². The van der Waals surface area contributed by atoms with E-state index in [2.05, 4.69) is 4.98 Å². The van der Waals surface area contributed by atoms with Crippen LogP contribution in [-0.4, -0.2) is 58.9 Å². The summed E-state index contributed by atoms with van der Waals surface area (Å²) >= 11 is 0. The highest BCUT2D eigenvalue weighted by atomic mass is 32.2. The standard InChI is InChI=1S/C28H29F2N3O5S/c1-17-13-22(39(37,38)32-11-9-28(29,30)10-12-32)16-31-26(17)20-5-8-24-19(14-20)4-3-18(2)33(24)27(36)23-7-6-21(34)15-25(23)35/h5-8,13-16,18,34-35H,3-4,9-12H2,1-2H3. The number of carbonyl (C=O) groups is 1. The van der Waals surface area contributed by atoms with Gasteiger partial charge in [-0.05, 0) is 68.1 Å². The molecule has 1 amide bonds. The highest BCUT2D eigenvalue weighted by molar-refractivity contribution is 7.89. The summed E-state index contributed by atoms with van der Waals surface area (Å²) < 4.78 is 54.2. The molecule has 8 nitrogen and oxygen atoms in total. The summed E-state index contributed by atoms with van der Waals surface area (Å²) in [6.45, 7) is 3.20. The minimum Gasteiger partial charge on any atom is -0.508 e. The molecule has 39 heavy (non-hydrogen) atoms. The third kappa shape index (κ3) is 5.08. The molecule has 1 unspecified atom stereocenters. The number of aromatic nitrogens is 1. The fourth-order valence-corrected chi connectivity index (χ4v) is 6.71. The molecule has 2 aliphatic rings. The Morgan fingerprint density at radius 2 is 1.79 bits per heavy atom. The predicted molar refractivity (Wildman–Crippen MR) is 142 cm³/mol. The van der Waals surface area contributed by atoms with E-state index >= 15 is 0 Å². The quantitative estimate of drug-likeness (QED) is 0.474. The summed E-state index contributed by atoms with van der Waals surface area (Å²) in [5, 5.41) is 19.8. The normalized spacial score (nSPS) is 19.5. The van der Waals surface area contributed by atoms with Crippen molar-refractivity contribution in [1.82, 2.24) is 9.29 Å². The van der Waals surface area contributed by atoms with E-state index in [4.69, 9.17) is 0 Å². The molecule has 0 bridgehead atoms. The van der Waals surface area contributed by atoms with Crippen LogP contribution in [0.3, 0.4) is 0 Å². The van der Waals surface area contributed by atoms with Gasteiger partial charge in [-0.3, -0.25) is 9.78 Å². The second-order valence-electron chi connectivity index (χ2n) is 10.2. The van der Waals surface area contributed by atoms with E-state index < -0.39 is 28.8 Å². The van der Waals surface area contributed by atoms with Crippen molar-refractivity contribution < 1.29 is 32.2 Å². The van der Waals surface area contributed by atoms with E-state index in [1.807, 2.05) is 25.1 Å². The van der Waals surface area contributed by atoms with Crippen molar-refractivity contribution in [2.45, 2.75) is 56.4 Å². The summed E-state index contributed by atoms with van der Waals surface area (Å²) in [6.07, 6.45) is 1.66. The lowest BCUT2D eigenvalue weighted by Gasteiger charge is -2.35. The summed E-state index contributed by atoms with van der Waals surface area (Å²) in [5.74, 6) is -3.67. The zero-order chi connectivity index (χ0) is 28.1. The van der Waals surface area contributed by atoms with Gasteiger partial charge in [-0.2, -0.15) is 4.31 Å². The lowest BCUT2D eigenvalue weighted by molar-refractivity contribution is -0.0412. The Balaban J connectivity index is 1.43. The molecule has 1 fully saturated rings. The first-order valence-electron chi connectivity index (χ1n) is 12.7. The number of halogens is 2. The van der Waals surface area contributed by atoms with Gasteiger partial charge in [0.1, 0.15) is 16.4 Å². The molecular formula is C28H29F2N3O5S. The van der Waals surface area contributed by atoms with Gasteiger partial charge in [-0.1, -0.05) is 6.07 Å². The number of anilines is 1. The topological polar surface area (TPSA) is 111 Å². The fourth-order valence-electron chi connectivity index (χ4n) is 5.23. The average molecular weight is 558 g/mol. The van der Waals surface area contributed by atoms with Crippen molar-refractivity contribution in [3.8, 4) is 22.8 Å². The Kier molecular flexibility index (Phi) is 6.84. The number of hydrogen-bond acceptors (Lipinski definition) is 6. The number of phenolic OH excluding ortho intramolecular Hbond substituents is 2. The predicted octanol–water partition coefficient (Wildman–Crippen LogP) is 4.87. The Bertz CT molecular complexity index is 1550. The van der Waals surface area contributed by atoms with Crippen LogP contribution in [0, 0.1) is 6.92 Å². The van der Waals surface area contributed by atoms with E-state index in [0.29, 0.717) is 29.8 Å². The molecule has 206 valence electrons. The number of phenols is 2. The number of amides is 1. The second-order valence-corrected chi connectivity index (χ2v) is 12.1. The van der Waals surface area contributed by atoms with Crippen LogP contribution in [0.25, 0.3) is 11.3 Å². The molecule has 11 heteroatoms. The van der Waals surface area contributed by atoms with Crippen molar-refractivity contribution in [2.24, 2.45) is 0 Å². The van der Waals surface area contributed by atoms with E-state index in [0.717, 1.165) is 21.5 Å². The number of rotatable bonds is 4. The molecule has 1 aromatic heterocycles. The summed E-state index contributed by atoms with van der Waals surface area (Å²) in [4.78, 5) is 19.4. The van der Waals surface area contributed by atoms with Crippen LogP contribution in [0.1, 0.15) is 47.7 Å². The van der Waals surface area contributed by atoms with E-state index in [1.165, 1.54) is 24.4 Å². The minimum atomic E-state index is -3.95. The summed E-state index contributed by atoms with van der Waals surface area (Å²) in [6, 6.07) is 10.8. The maximum Gasteiger partial charge on any atom is 0.262 e. The molecule has 0 radical (unpaired) electrons. The van der Waals surface area contributed by atoms with Crippen LogP contribution >= 0.6 is 0 Å². The van der Waals surface area contributed by atoms with Gasteiger partial charge < -0.3 is 15.1 Å². The van der Waals surface area contributed by atoms with Crippen molar-refractivity contribution in [3.05, 3.63) is 65.4 Å². The minimum absolute atomic E-state index is 0.0359. The largest absolute Gasteiger partial charge is 0.508 e. The molecular weight excluding hydrogens is 528 g/mol. The SMILES string of the molecule is Cc1cc(S(=O)(=O)N2CCC(F)(F)CC2)cnc1-c1ccc2c(c1)CCC(C)N2C(=O)c1ccc(O)cc1O. The van der Waals surface area contributed by atoms with Crippen molar-refractivity contribution in [2.75, 3.05) is 18.0 Å². The molecule has 5 rings (SSSR count). The maximum absolute atomic E-state index is 13.5. The van der Waals surface area contributed by atoms with Crippen LogP contribution in [0.15, 0.2) is 53.6 Å². The third-order valence-electron chi connectivity index (χ3n) is 7.46. The van der Waals surface area contributed by atoms with Crippen LogP contribution < -0.4 is 4.90 Å². The molecule has 1 saturated heterocycles. The van der Waals surface area contributed by atoms with Gasteiger partial charge in [-0.15, -0.1) is 0 Å². The number of fused-ring (bicyclic) bond motifs is 1. The Hall–Kier alpha value is -3.57. The molecule has 2 aromatic carbocycles. The van der Waals surface area contributed by atoms with Gasteiger partial charge >= 0.3 is 0 Å². The van der Waals surface area contributed by atoms with Gasteiger partial charge in [0.25, 0.3) is 11.8 Å². The third-order valence-corrected chi connectivity index (χ3v) is 9.32. The highest BCUT2D eigenvalue weighted by Crippen LogP contribution is 2.37. The zero-order valence-electron chi connectivity index (χ0n) is 21.6. The maximum atomic E-state index is 13.5. The number of pyridine rings is 1. The van der Waals surface area contributed by atoms with Gasteiger partial charge in [0.05, 0.1) is 11.3 Å². The number of aromatic hydroxyl groups is 2. The smallest absolute Gasteiger partial charge is 0.262 e. The Labute approximate surface area is 225 Å².